The van der Waals surface area contributed by atoms with Crippen LogP contribution in [0.1, 0.15) is 5.56 Å². The summed E-state index contributed by atoms with van der Waals surface area (Å²) < 4.78 is 15.4. The molecule has 104 valence electrons. The molecule has 0 aliphatic heterocycles. The molecule has 0 saturated carbocycles. The van der Waals surface area contributed by atoms with E-state index in [-0.39, 0.29) is 12.1 Å². The van der Waals surface area contributed by atoms with Crippen molar-refractivity contribution in [2.45, 2.75) is 6.54 Å². The number of rotatable bonds is 3. The van der Waals surface area contributed by atoms with Crippen LogP contribution in [-0.4, -0.2) is 14.1 Å². The van der Waals surface area contributed by atoms with Crippen LogP contribution in [-0.2, 0) is 13.6 Å². The van der Waals surface area contributed by atoms with E-state index in [0.29, 0.717) is 0 Å². The molecule has 0 aliphatic rings. The molecule has 0 atom stereocenters. The van der Waals surface area contributed by atoms with Crippen molar-refractivity contribution in [2.75, 3.05) is 0 Å². The molecule has 0 saturated heterocycles. The molecule has 20 heavy (non-hydrogen) atoms. The summed E-state index contributed by atoms with van der Waals surface area (Å²) in [6, 6.07) is 4.14. The summed E-state index contributed by atoms with van der Waals surface area (Å²) in [7, 11) is 1.46. The van der Waals surface area contributed by atoms with Gasteiger partial charge in [-0.05, 0) is 11.6 Å². The largest absolute Gasteiger partial charge is 0.331 e. The number of aromatic nitrogens is 2. The molecule has 0 unspecified atom stereocenters. The Morgan fingerprint density at radius 2 is 2.00 bits per heavy atom. The lowest BCUT2D eigenvalue weighted by Gasteiger charge is -2.06. The molecule has 0 radical (unpaired) electrons. The standard InChI is InChI=1S/C12H10FN3O4/c1-14-3-2-11(17)15(12(14)18)7-8-4-9(13)6-10(5-8)16(19)20/h2-6H,7H2,1H3. The second kappa shape index (κ2) is 5.08. The van der Waals surface area contributed by atoms with Gasteiger partial charge in [0.15, 0.2) is 0 Å². The van der Waals surface area contributed by atoms with E-state index < -0.39 is 27.7 Å². The van der Waals surface area contributed by atoms with Crippen LogP contribution in [0.3, 0.4) is 0 Å². The van der Waals surface area contributed by atoms with E-state index in [1.54, 1.807) is 0 Å². The minimum atomic E-state index is -0.796. The third-order valence-corrected chi connectivity index (χ3v) is 2.73. The number of benzene rings is 1. The molecule has 0 amide bonds. The molecule has 1 aromatic heterocycles. The highest BCUT2D eigenvalue weighted by atomic mass is 19.1. The van der Waals surface area contributed by atoms with Gasteiger partial charge in [0.05, 0.1) is 17.5 Å². The fraction of sp³-hybridized carbons (Fsp3) is 0.167. The van der Waals surface area contributed by atoms with Gasteiger partial charge in [-0.25, -0.2) is 9.18 Å². The van der Waals surface area contributed by atoms with Gasteiger partial charge in [0.2, 0.25) is 0 Å². The van der Waals surface area contributed by atoms with Crippen LogP contribution in [0, 0.1) is 15.9 Å². The number of halogens is 1. The van der Waals surface area contributed by atoms with Crippen molar-refractivity contribution in [2.24, 2.45) is 7.05 Å². The van der Waals surface area contributed by atoms with Gasteiger partial charge >= 0.3 is 5.69 Å². The van der Waals surface area contributed by atoms with Crippen molar-refractivity contribution < 1.29 is 9.31 Å². The fourth-order valence-corrected chi connectivity index (χ4v) is 1.77. The Labute approximate surface area is 111 Å². The third kappa shape index (κ3) is 2.63. The Morgan fingerprint density at radius 3 is 2.65 bits per heavy atom. The Morgan fingerprint density at radius 1 is 1.30 bits per heavy atom. The van der Waals surface area contributed by atoms with Crippen LogP contribution in [0.15, 0.2) is 40.1 Å². The lowest BCUT2D eigenvalue weighted by atomic mass is 10.2. The van der Waals surface area contributed by atoms with Gasteiger partial charge in [-0.3, -0.25) is 19.5 Å². The highest BCUT2D eigenvalue weighted by Gasteiger charge is 2.11. The van der Waals surface area contributed by atoms with E-state index in [0.717, 1.165) is 22.8 Å². The first-order chi connectivity index (χ1) is 9.38. The van der Waals surface area contributed by atoms with Gasteiger partial charge in [0, 0.05) is 25.4 Å². The zero-order chi connectivity index (χ0) is 14.9. The average Bonchev–Trinajstić information content (AvgIpc) is 2.38. The van der Waals surface area contributed by atoms with E-state index in [1.807, 2.05) is 0 Å². The maximum atomic E-state index is 13.3. The summed E-state index contributed by atoms with van der Waals surface area (Å²) in [5.41, 5.74) is -1.40. The van der Waals surface area contributed by atoms with Crippen molar-refractivity contribution in [1.29, 1.82) is 0 Å². The Bertz CT molecular complexity index is 794. The number of hydrogen-bond acceptors (Lipinski definition) is 4. The fourth-order valence-electron chi connectivity index (χ4n) is 1.77. The molecule has 0 fully saturated rings. The van der Waals surface area contributed by atoms with Crippen LogP contribution in [0.5, 0.6) is 0 Å². The number of nitrogens with zero attached hydrogens (tertiary/aromatic N) is 3. The normalized spacial score (nSPS) is 10.5. The molecule has 2 rings (SSSR count). The first kappa shape index (κ1) is 13.7. The van der Waals surface area contributed by atoms with Crippen LogP contribution in [0.4, 0.5) is 10.1 Å². The lowest BCUT2D eigenvalue weighted by molar-refractivity contribution is -0.385. The van der Waals surface area contributed by atoms with E-state index in [9.17, 15) is 24.1 Å². The molecular weight excluding hydrogens is 269 g/mol. The first-order valence-electron chi connectivity index (χ1n) is 5.59. The lowest BCUT2D eigenvalue weighted by Crippen LogP contribution is -2.38. The maximum Gasteiger partial charge on any atom is 0.331 e. The van der Waals surface area contributed by atoms with E-state index >= 15 is 0 Å². The molecule has 0 aliphatic carbocycles. The molecule has 8 heteroatoms. The van der Waals surface area contributed by atoms with Crippen LogP contribution < -0.4 is 11.2 Å². The van der Waals surface area contributed by atoms with E-state index in [2.05, 4.69) is 0 Å². The SMILES string of the molecule is Cn1ccc(=O)n(Cc2cc(F)cc([N+](=O)[O-])c2)c1=O. The highest BCUT2D eigenvalue weighted by Crippen LogP contribution is 2.16. The van der Waals surface area contributed by atoms with Crippen molar-refractivity contribution in [3.05, 3.63) is 72.8 Å². The summed E-state index contributed by atoms with van der Waals surface area (Å²) in [6.45, 7) is -0.231. The monoisotopic (exact) mass is 279 g/mol. The van der Waals surface area contributed by atoms with Crippen LogP contribution in [0.25, 0.3) is 0 Å². The van der Waals surface area contributed by atoms with E-state index in [4.69, 9.17) is 0 Å². The molecular formula is C12H10FN3O4. The van der Waals surface area contributed by atoms with Gasteiger partial charge in [-0.1, -0.05) is 0 Å². The molecule has 7 nitrogen and oxygen atoms in total. The number of non-ortho nitro benzene ring substituents is 1. The maximum absolute atomic E-state index is 13.3. The smallest absolute Gasteiger partial charge is 0.303 e. The van der Waals surface area contributed by atoms with Gasteiger partial charge in [0.1, 0.15) is 5.82 Å². The van der Waals surface area contributed by atoms with Crippen molar-refractivity contribution in [3.63, 3.8) is 0 Å². The topological polar surface area (TPSA) is 87.1 Å². The summed E-state index contributed by atoms with van der Waals surface area (Å²) in [5.74, 6) is -0.796. The van der Waals surface area contributed by atoms with Gasteiger partial charge in [-0.15, -0.1) is 0 Å². The van der Waals surface area contributed by atoms with Crippen molar-refractivity contribution in [1.82, 2.24) is 9.13 Å². The van der Waals surface area contributed by atoms with Crippen LogP contribution in [0.2, 0.25) is 0 Å². The molecule has 2 aromatic rings. The second-order valence-electron chi connectivity index (χ2n) is 4.21. The number of hydrogen-bond donors (Lipinski definition) is 0. The molecule has 0 spiro atoms. The van der Waals surface area contributed by atoms with Crippen molar-refractivity contribution in [3.8, 4) is 0 Å². The van der Waals surface area contributed by atoms with E-state index in [1.165, 1.54) is 23.9 Å². The first-order valence-corrected chi connectivity index (χ1v) is 5.59. The highest BCUT2D eigenvalue weighted by molar-refractivity contribution is 5.35. The number of nitro benzene ring substituents is 1. The molecule has 0 bridgehead atoms. The Balaban J connectivity index is 2.51. The van der Waals surface area contributed by atoms with Gasteiger partial charge in [0.25, 0.3) is 11.2 Å². The summed E-state index contributed by atoms with van der Waals surface area (Å²) in [5, 5.41) is 10.7. The molecule has 1 aromatic carbocycles. The third-order valence-electron chi connectivity index (χ3n) is 2.73. The minimum absolute atomic E-state index is 0.169. The molecule has 0 N–H and O–H groups in total. The summed E-state index contributed by atoms with van der Waals surface area (Å²) in [4.78, 5) is 33.3. The second-order valence-corrected chi connectivity index (χ2v) is 4.21. The quantitative estimate of drug-likeness (QED) is 0.609. The number of aryl methyl sites for hydroxylation is 1. The summed E-state index contributed by atoms with van der Waals surface area (Å²) in [6.07, 6.45) is 1.31. The Kier molecular flexibility index (Phi) is 3.47. The molecule has 1 heterocycles. The number of nitro groups is 1. The average molecular weight is 279 g/mol. The predicted octanol–water partition coefficient (Wildman–Crippen LogP) is 0.643. The van der Waals surface area contributed by atoms with Crippen LogP contribution >= 0.6 is 0 Å². The van der Waals surface area contributed by atoms with Crippen molar-refractivity contribution >= 4 is 5.69 Å². The zero-order valence-electron chi connectivity index (χ0n) is 10.4. The Hall–Kier alpha value is -2.77. The zero-order valence-corrected chi connectivity index (χ0v) is 10.4. The predicted molar refractivity (Wildman–Crippen MR) is 68.1 cm³/mol. The summed E-state index contributed by atoms with van der Waals surface area (Å²) >= 11 is 0. The van der Waals surface area contributed by atoms with Gasteiger partial charge < -0.3 is 4.57 Å². The minimum Gasteiger partial charge on any atom is -0.303 e. The van der Waals surface area contributed by atoms with Gasteiger partial charge in [-0.2, -0.15) is 0 Å².